The molecule has 220 valence electrons. The van der Waals surface area contributed by atoms with E-state index >= 15 is 0 Å². The zero-order chi connectivity index (χ0) is 28.5. The highest BCUT2D eigenvalue weighted by Gasteiger charge is 2.77. The molecule has 1 aromatic rings. The van der Waals surface area contributed by atoms with Crippen LogP contribution >= 0.6 is 11.8 Å². The fourth-order valence-corrected chi connectivity index (χ4v) is 9.73. The van der Waals surface area contributed by atoms with Gasteiger partial charge in [0.05, 0.1) is 42.4 Å². The van der Waals surface area contributed by atoms with Crippen molar-refractivity contribution in [3.8, 4) is 0 Å². The number of likely N-dealkylation sites (tertiary alicyclic amines) is 1. The molecule has 4 aliphatic heterocycles. The lowest BCUT2D eigenvalue weighted by Crippen LogP contribution is -2.58. The fourth-order valence-electron chi connectivity index (χ4n) is 7.39. The Balaban J connectivity index is 1.41. The summed E-state index contributed by atoms with van der Waals surface area (Å²) in [5, 5.41) is 16.7. The Kier molecular flexibility index (Phi) is 8.80. The van der Waals surface area contributed by atoms with E-state index in [1.54, 1.807) is 16.7 Å². The smallest absolute Gasteiger partial charge is 0.244 e. The maximum atomic E-state index is 14.4. The van der Waals surface area contributed by atoms with Gasteiger partial charge in [-0.15, -0.1) is 11.8 Å². The van der Waals surface area contributed by atoms with Crippen molar-refractivity contribution in [3.05, 3.63) is 35.9 Å². The molecule has 10 heteroatoms. The molecule has 1 spiro atoms. The third-order valence-electron chi connectivity index (χ3n) is 9.73. The van der Waals surface area contributed by atoms with Crippen molar-refractivity contribution in [2.45, 2.75) is 68.2 Å². The van der Waals surface area contributed by atoms with E-state index in [9.17, 15) is 19.5 Å². The van der Waals surface area contributed by atoms with Crippen molar-refractivity contribution in [2.24, 2.45) is 17.8 Å². The molecule has 3 N–H and O–H groups in total. The number of hydrogen-bond acceptors (Lipinski definition) is 7. The van der Waals surface area contributed by atoms with Gasteiger partial charge in [-0.05, 0) is 31.2 Å². The summed E-state index contributed by atoms with van der Waals surface area (Å²) in [7, 11) is 0. The molecule has 4 aliphatic rings. The van der Waals surface area contributed by atoms with E-state index in [4.69, 9.17) is 4.74 Å². The van der Waals surface area contributed by atoms with E-state index in [-0.39, 0.29) is 30.2 Å². The van der Waals surface area contributed by atoms with Crippen LogP contribution in [0.1, 0.15) is 45.6 Å². The number of thioether (sulfide) groups is 1. The van der Waals surface area contributed by atoms with Gasteiger partial charge in [0.1, 0.15) is 6.04 Å². The van der Waals surface area contributed by atoms with Crippen molar-refractivity contribution >= 4 is 29.5 Å². The number of nitrogens with one attached hydrogen (secondary N) is 2. The number of amides is 3. The Bertz CT molecular complexity index is 1090. The second-order valence-corrected chi connectivity index (χ2v) is 14.0. The predicted octanol–water partition coefficient (Wildman–Crippen LogP) is 1.64. The molecule has 2 bridgehead atoms. The lowest BCUT2D eigenvalue weighted by Gasteiger charge is -2.39. The summed E-state index contributed by atoms with van der Waals surface area (Å²) in [6.07, 6.45) is 2.23. The Morgan fingerprint density at radius 2 is 1.88 bits per heavy atom. The number of ether oxygens (including phenoxy) is 1. The maximum absolute atomic E-state index is 14.4. The fraction of sp³-hybridized carbons (Fsp3) is 0.700. The van der Waals surface area contributed by atoms with Gasteiger partial charge in [-0.3, -0.25) is 19.3 Å². The average molecular weight is 573 g/mol. The Morgan fingerprint density at radius 3 is 2.55 bits per heavy atom. The standard InChI is InChI=1S/C30H44N4O5S/c1-4-20(2)22(19-35)34-25(27(37)31-12-13-33-14-16-39-17-15-33)30-11-10-29(3,40-30)23(24(30)28(34)38)26(36)32-18-21-8-6-5-7-9-21/h5-9,20,22-25,35H,4,10-19H2,1-3H3,(H,31,37)(H,32,36)/t20-,22-,23-,24-,25?,29+,30?/m0/s1. The molecule has 0 radical (unpaired) electrons. The number of morpholine rings is 1. The van der Waals surface area contributed by atoms with Crippen LogP contribution < -0.4 is 10.6 Å². The molecule has 7 atom stereocenters. The van der Waals surface area contributed by atoms with Crippen LogP contribution in [0, 0.1) is 17.8 Å². The molecule has 0 aromatic heterocycles. The first kappa shape index (κ1) is 29.4. The number of benzene rings is 1. The highest BCUT2D eigenvalue weighted by molar-refractivity contribution is 8.02. The first-order valence-electron chi connectivity index (χ1n) is 14.8. The predicted molar refractivity (Wildman–Crippen MR) is 154 cm³/mol. The van der Waals surface area contributed by atoms with Crippen LogP contribution in [-0.2, 0) is 25.7 Å². The number of nitrogens with zero attached hydrogens (tertiary/aromatic N) is 2. The molecule has 0 saturated carbocycles. The van der Waals surface area contributed by atoms with Crippen LogP contribution in [0.3, 0.4) is 0 Å². The summed E-state index contributed by atoms with van der Waals surface area (Å²) in [5.41, 5.74) is 1.00. The van der Waals surface area contributed by atoms with Gasteiger partial charge in [-0.2, -0.15) is 0 Å². The molecular weight excluding hydrogens is 528 g/mol. The van der Waals surface area contributed by atoms with Crippen LogP contribution in [0.5, 0.6) is 0 Å². The number of carbonyl (C=O) groups excluding carboxylic acids is 3. The largest absolute Gasteiger partial charge is 0.394 e. The third-order valence-corrected chi connectivity index (χ3v) is 11.7. The number of carbonyl (C=O) groups is 3. The molecule has 4 heterocycles. The van der Waals surface area contributed by atoms with E-state index < -0.39 is 33.4 Å². The van der Waals surface area contributed by atoms with Gasteiger partial charge in [0, 0.05) is 37.5 Å². The third kappa shape index (κ3) is 5.16. The molecule has 0 aliphatic carbocycles. The molecule has 2 unspecified atom stereocenters. The molecule has 3 amide bonds. The number of rotatable bonds is 11. The summed E-state index contributed by atoms with van der Waals surface area (Å²) in [6, 6.07) is 8.56. The van der Waals surface area contributed by atoms with E-state index in [0.29, 0.717) is 32.7 Å². The van der Waals surface area contributed by atoms with Crippen molar-refractivity contribution in [2.75, 3.05) is 46.0 Å². The first-order chi connectivity index (χ1) is 19.3. The van der Waals surface area contributed by atoms with Crippen molar-refractivity contribution in [1.29, 1.82) is 0 Å². The number of hydrogen-bond donors (Lipinski definition) is 3. The summed E-state index contributed by atoms with van der Waals surface area (Å²) >= 11 is 1.67. The second kappa shape index (κ2) is 12.0. The minimum Gasteiger partial charge on any atom is -0.394 e. The van der Waals surface area contributed by atoms with Gasteiger partial charge < -0.3 is 25.4 Å². The molecule has 1 aromatic carbocycles. The van der Waals surface area contributed by atoms with Gasteiger partial charge in [-0.25, -0.2) is 0 Å². The Hall–Kier alpha value is -2.14. The van der Waals surface area contributed by atoms with Crippen molar-refractivity contribution in [1.82, 2.24) is 20.4 Å². The number of aliphatic hydroxyl groups is 1. The SMILES string of the molecule is CC[C@H](C)[C@H](CO)N1C(=O)[C@@H]2[C@@H](C(=O)NCc3ccccc3)[C@@]3(C)CCC2(S3)C1C(=O)NCCN1CCOCC1. The van der Waals surface area contributed by atoms with E-state index in [1.165, 1.54) is 0 Å². The monoisotopic (exact) mass is 572 g/mol. The van der Waals surface area contributed by atoms with Crippen molar-refractivity contribution in [3.63, 3.8) is 0 Å². The lowest BCUT2D eigenvalue weighted by molar-refractivity contribution is -0.144. The normalized spacial score (nSPS) is 33.0. The summed E-state index contributed by atoms with van der Waals surface area (Å²) in [4.78, 5) is 46.2. The van der Waals surface area contributed by atoms with Gasteiger partial charge >= 0.3 is 0 Å². The summed E-state index contributed by atoms with van der Waals surface area (Å²) in [5.74, 6) is -1.59. The first-order valence-corrected chi connectivity index (χ1v) is 15.6. The van der Waals surface area contributed by atoms with Gasteiger partial charge in [0.25, 0.3) is 0 Å². The van der Waals surface area contributed by atoms with Crippen molar-refractivity contribution < 1.29 is 24.2 Å². The van der Waals surface area contributed by atoms with Gasteiger partial charge in [0.15, 0.2) is 0 Å². The van der Waals surface area contributed by atoms with Gasteiger partial charge in [-0.1, -0.05) is 50.6 Å². The van der Waals surface area contributed by atoms with Gasteiger partial charge in [0.2, 0.25) is 17.7 Å². The number of fused-ring (bicyclic) bond motifs is 1. The lowest BCUT2D eigenvalue weighted by atomic mass is 9.66. The van der Waals surface area contributed by atoms with Crippen LogP contribution in [0.25, 0.3) is 0 Å². The molecule has 5 rings (SSSR count). The minimum atomic E-state index is -0.723. The maximum Gasteiger partial charge on any atom is 0.244 e. The zero-order valence-electron chi connectivity index (χ0n) is 23.9. The average Bonchev–Trinajstić information content (AvgIpc) is 3.54. The highest BCUT2D eigenvalue weighted by atomic mass is 32.2. The molecule has 4 fully saturated rings. The summed E-state index contributed by atoms with van der Waals surface area (Å²) < 4.78 is 4.32. The highest BCUT2D eigenvalue weighted by Crippen LogP contribution is 2.71. The van der Waals surface area contributed by atoms with Crippen LogP contribution in [-0.4, -0.2) is 100 Å². The Morgan fingerprint density at radius 1 is 1.15 bits per heavy atom. The Labute approximate surface area is 241 Å². The quantitative estimate of drug-likeness (QED) is 0.370. The van der Waals surface area contributed by atoms with E-state index in [0.717, 1.165) is 38.0 Å². The second-order valence-electron chi connectivity index (χ2n) is 12.1. The molecule has 4 saturated heterocycles. The number of aliphatic hydroxyl groups excluding tert-OH is 1. The van der Waals surface area contributed by atoms with E-state index in [2.05, 4.69) is 22.5 Å². The molecular formula is C30H44N4O5S. The minimum absolute atomic E-state index is 0.0102. The molecule has 40 heavy (non-hydrogen) atoms. The van der Waals surface area contributed by atoms with E-state index in [1.807, 2.05) is 44.2 Å². The van der Waals surface area contributed by atoms with Crippen LogP contribution in [0.4, 0.5) is 0 Å². The summed E-state index contributed by atoms with van der Waals surface area (Å²) in [6.45, 7) is 10.6. The topological polar surface area (TPSA) is 111 Å². The van der Waals surface area contributed by atoms with Crippen LogP contribution in [0.15, 0.2) is 30.3 Å². The molecule has 9 nitrogen and oxygen atoms in total. The zero-order valence-corrected chi connectivity index (χ0v) is 24.8. The van der Waals surface area contributed by atoms with Crippen LogP contribution in [0.2, 0.25) is 0 Å².